The number of fused-ring (bicyclic) bond motifs is 8. The van der Waals surface area contributed by atoms with Crippen LogP contribution in [0.3, 0.4) is 0 Å². The number of aromatic amines is 2. The Morgan fingerprint density at radius 1 is 0.347 bits per heavy atom. The van der Waals surface area contributed by atoms with E-state index in [9.17, 15) is 0 Å². The first-order valence-electron chi connectivity index (χ1n) is 14.9. The fourth-order valence-electron chi connectivity index (χ4n) is 4.05. The van der Waals surface area contributed by atoms with Gasteiger partial charge in [-0.1, -0.05) is 49.6 Å². The van der Waals surface area contributed by atoms with Crippen LogP contribution in [0.4, 0.5) is 0 Å². The summed E-state index contributed by atoms with van der Waals surface area (Å²) in [7, 11) is 0. The molecule has 0 saturated heterocycles. The van der Waals surface area contributed by atoms with Crippen molar-refractivity contribution in [2.45, 2.75) is 0 Å². The van der Waals surface area contributed by atoms with E-state index in [0.717, 1.165) is 44.8 Å². The van der Waals surface area contributed by atoms with Crippen LogP contribution >= 0.6 is 0 Å². The van der Waals surface area contributed by atoms with Crippen molar-refractivity contribution >= 4 is 46.4 Å². The Morgan fingerprint density at radius 2 is 0.612 bits per heavy atom. The van der Waals surface area contributed by atoms with Gasteiger partial charge in [0.25, 0.3) is 0 Å². The molecule has 0 amide bonds. The zero-order valence-electron chi connectivity index (χ0n) is 26.6. The van der Waals surface area contributed by atoms with Gasteiger partial charge in [-0.05, 0) is 72.8 Å². The summed E-state index contributed by atoms with van der Waals surface area (Å²) in [5, 5.41) is 0. The van der Waals surface area contributed by atoms with Crippen molar-refractivity contribution < 1.29 is 19.5 Å². The first-order chi connectivity index (χ1) is 23.8. The van der Waals surface area contributed by atoms with Crippen LogP contribution < -0.4 is 0 Å². The van der Waals surface area contributed by atoms with E-state index >= 15 is 0 Å². The predicted molar refractivity (Wildman–Crippen MR) is 191 cm³/mol. The maximum Gasteiger partial charge on any atom is 0.0659 e. The number of nitrogens with one attached hydrogen (secondary N) is 2. The molecule has 2 aliphatic heterocycles. The van der Waals surface area contributed by atoms with Crippen molar-refractivity contribution in [3.05, 3.63) is 194 Å². The first-order valence-corrected chi connectivity index (χ1v) is 14.9. The average molecular weight is 688 g/mol. The van der Waals surface area contributed by atoms with Crippen molar-refractivity contribution in [2.24, 2.45) is 0 Å². The van der Waals surface area contributed by atoms with E-state index in [0.29, 0.717) is 0 Å². The van der Waals surface area contributed by atoms with Crippen LogP contribution in [0.15, 0.2) is 147 Å². The molecule has 8 nitrogen and oxygen atoms in total. The van der Waals surface area contributed by atoms with E-state index < -0.39 is 0 Å². The van der Waals surface area contributed by atoms with Gasteiger partial charge >= 0.3 is 0 Å². The van der Waals surface area contributed by atoms with Crippen LogP contribution in [0.5, 0.6) is 0 Å². The molecular formula is C40H30N8Zn-4. The second-order valence-corrected chi connectivity index (χ2v) is 9.69. The number of pyridine rings is 4. The van der Waals surface area contributed by atoms with Crippen LogP contribution in [0.25, 0.3) is 46.4 Å². The SMILES string of the molecule is C1=Cc2cc3ccc(cc4ccc(cc5nc(cc1n2)C=C5)[nH]4)[nH]3.[Zn].[c-]1ccncc1.[c-]1ccncc1.[c-]1ccncc1.[c-]1ccncc1. The summed E-state index contributed by atoms with van der Waals surface area (Å²) in [6.07, 6.45) is 21.6. The molecule has 0 atom stereocenters. The van der Waals surface area contributed by atoms with E-state index in [1.807, 2.05) is 42.5 Å². The van der Waals surface area contributed by atoms with Crippen molar-refractivity contribution in [1.82, 2.24) is 39.9 Å². The van der Waals surface area contributed by atoms with Crippen LogP contribution in [-0.2, 0) is 19.5 Å². The monoisotopic (exact) mass is 686 g/mol. The molecule has 7 aromatic heterocycles. The second kappa shape index (κ2) is 20.8. The van der Waals surface area contributed by atoms with E-state index in [4.69, 9.17) is 0 Å². The third-order valence-electron chi connectivity index (χ3n) is 6.10. The molecule has 9 heterocycles. The molecule has 9 rings (SSSR count). The van der Waals surface area contributed by atoms with E-state index in [1.54, 1.807) is 98.1 Å². The molecule has 0 aliphatic carbocycles. The Morgan fingerprint density at radius 3 is 0.857 bits per heavy atom. The molecule has 0 aromatic carbocycles. The van der Waals surface area contributed by atoms with Gasteiger partial charge in [0.05, 0.1) is 22.8 Å². The van der Waals surface area contributed by atoms with Gasteiger partial charge in [0.2, 0.25) is 0 Å². The summed E-state index contributed by atoms with van der Waals surface area (Å²) in [6, 6.07) is 41.8. The van der Waals surface area contributed by atoms with E-state index in [2.05, 4.69) is 94.5 Å². The quantitative estimate of drug-likeness (QED) is 0.123. The zero-order chi connectivity index (χ0) is 32.9. The van der Waals surface area contributed by atoms with E-state index in [-0.39, 0.29) is 19.5 Å². The van der Waals surface area contributed by atoms with Gasteiger partial charge in [0.15, 0.2) is 0 Å². The minimum Gasteiger partial charge on any atom is -0.391 e. The number of hydrogen-bond acceptors (Lipinski definition) is 6. The van der Waals surface area contributed by atoms with Crippen molar-refractivity contribution in [3.8, 4) is 0 Å². The summed E-state index contributed by atoms with van der Waals surface area (Å²) in [4.78, 5) is 31.0. The average Bonchev–Trinajstić information content (AvgIpc) is 4.00. The van der Waals surface area contributed by atoms with Gasteiger partial charge in [-0.2, -0.15) is 72.8 Å². The molecule has 0 fully saturated rings. The molecule has 9 heteroatoms. The van der Waals surface area contributed by atoms with Gasteiger partial charge in [0.1, 0.15) is 0 Å². The Kier molecular flexibility index (Phi) is 15.2. The number of hydrogen-bond donors (Lipinski definition) is 2. The fourth-order valence-corrected chi connectivity index (χ4v) is 4.05. The summed E-state index contributed by atoms with van der Waals surface area (Å²) in [6.45, 7) is 0. The third-order valence-corrected chi connectivity index (χ3v) is 6.10. The topological polar surface area (TPSA) is 109 Å². The van der Waals surface area contributed by atoms with Gasteiger partial charge in [-0.25, -0.2) is 9.97 Å². The van der Waals surface area contributed by atoms with Crippen LogP contribution in [-0.4, -0.2) is 39.9 Å². The van der Waals surface area contributed by atoms with Crippen LogP contribution in [0.2, 0.25) is 0 Å². The fraction of sp³-hybridized carbons (Fsp3) is 0. The molecule has 8 bridgehead atoms. The summed E-state index contributed by atoms with van der Waals surface area (Å²) in [5.74, 6) is 0. The molecule has 0 saturated carbocycles. The molecule has 2 aliphatic rings. The minimum atomic E-state index is 0. The van der Waals surface area contributed by atoms with Gasteiger partial charge in [-0.15, -0.1) is 0 Å². The zero-order valence-corrected chi connectivity index (χ0v) is 29.5. The predicted octanol–water partition coefficient (Wildman–Crippen LogP) is 8.18. The number of nitrogens with zero attached hydrogens (tertiary/aromatic N) is 6. The molecule has 0 radical (unpaired) electrons. The molecule has 0 spiro atoms. The number of H-pyrrole nitrogens is 2. The van der Waals surface area contributed by atoms with Gasteiger partial charge in [-0.3, -0.25) is 0 Å². The standard InChI is InChI=1S/C20H14N4.4C5H4N.Zn/c1-2-14-10-16-5-6-18(23-16)12-20-8-7-19(24-20)11-17-4-3-15(22-17)9-13(1)21-14;4*1-2-4-6-5-3-1;/h1-12,21-22H;4*2-5H;/q;4*-1;. The number of rotatable bonds is 0. The summed E-state index contributed by atoms with van der Waals surface area (Å²) in [5.41, 5.74) is 7.86. The van der Waals surface area contributed by atoms with Crippen molar-refractivity contribution in [2.75, 3.05) is 0 Å². The molecule has 7 aromatic rings. The third kappa shape index (κ3) is 13.6. The normalized spacial score (nSPS) is 10.1. The largest absolute Gasteiger partial charge is 0.391 e. The first kappa shape index (κ1) is 35.7. The molecule has 0 unspecified atom stereocenters. The molecular weight excluding hydrogens is 658 g/mol. The van der Waals surface area contributed by atoms with Crippen LogP contribution in [0.1, 0.15) is 22.8 Å². The molecule has 236 valence electrons. The smallest absolute Gasteiger partial charge is 0.0659 e. The van der Waals surface area contributed by atoms with E-state index in [1.165, 1.54) is 0 Å². The number of aromatic nitrogens is 8. The van der Waals surface area contributed by atoms with Crippen molar-refractivity contribution in [1.29, 1.82) is 0 Å². The Hall–Kier alpha value is -6.18. The van der Waals surface area contributed by atoms with Gasteiger partial charge < -0.3 is 29.9 Å². The summed E-state index contributed by atoms with van der Waals surface area (Å²) >= 11 is 0. The van der Waals surface area contributed by atoms with Gasteiger partial charge in [0, 0.05) is 41.5 Å². The molecule has 49 heavy (non-hydrogen) atoms. The Labute approximate surface area is 298 Å². The van der Waals surface area contributed by atoms with Crippen molar-refractivity contribution in [3.63, 3.8) is 0 Å². The Balaban J connectivity index is 0.000000175. The maximum absolute atomic E-state index is 4.62. The summed E-state index contributed by atoms with van der Waals surface area (Å²) < 4.78 is 0. The second-order valence-electron chi connectivity index (χ2n) is 9.69. The Bertz CT molecular complexity index is 1810. The van der Waals surface area contributed by atoms with Crippen LogP contribution in [0, 0.1) is 24.3 Å². The minimum absolute atomic E-state index is 0. The maximum atomic E-state index is 4.62. The molecule has 2 N–H and O–H groups in total.